The van der Waals surface area contributed by atoms with E-state index >= 15 is 0 Å². The molecule has 1 atom stereocenters. The Morgan fingerprint density at radius 2 is 1.86 bits per heavy atom. The maximum absolute atomic E-state index is 12.5. The van der Waals surface area contributed by atoms with Crippen LogP contribution in [-0.4, -0.2) is 56.0 Å². The molecule has 120 valence electrons. The molecule has 22 heavy (non-hydrogen) atoms. The first kappa shape index (κ1) is 15.6. The topological polar surface area (TPSA) is 83.9 Å². The van der Waals surface area contributed by atoms with Gasteiger partial charge in [-0.25, -0.2) is 0 Å². The number of benzene rings is 1. The van der Waals surface area contributed by atoms with Crippen molar-refractivity contribution in [1.82, 2.24) is 4.90 Å². The van der Waals surface area contributed by atoms with E-state index in [1.807, 2.05) is 4.90 Å². The summed E-state index contributed by atoms with van der Waals surface area (Å²) in [5.41, 5.74) is -1.22. The summed E-state index contributed by atoms with van der Waals surface area (Å²) in [5.74, 6) is -0.198. The van der Waals surface area contributed by atoms with Gasteiger partial charge in [0.05, 0.1) is 18.1 Å². The van der Waals surface area contributed by atoms with E-state index in [1.54, 1.807) is 18.2 Å². The smallest absolute Gasteiger partial charge is 0.297 e. The van der Waals surface area contributed by atoms with Gasteiger partial charge in [-0.15, -0.1) is 0 Å². The van der Waals surface area contributed by atoms with Crippen molar-refractivity contribution in [2.24, 2.45) is 5.92 Å². The third-order valence-corrected chi connectivity index (χ3v) is 5.95. The summed E-state index contributed by atoms with van der Waals surface area (Å²) in [6, 6.07) is 7.81. The lowest BCUT2D eigenvalue weighted by molar-refractivity contribution is -0.155. The number of Topliss-reactive ketones (excluding diaryl/α,β-unsaturated/α-hetero) is 1. The normalized spacial score (nSPS) is 31.4. The molecule has 3 heterocycles. The Morgan fingerprint density at radius 3 is 2.41 bits per heavy atom. The van der Waals surface area contributed by atoms with Gasteiger partial charge in [-0.2, -0.15) is 8.42 Å². The third-order valence-electron chi connectivity index (χ3n) is 4.68. The fourth-order valence-corrected chi connectivity index (χ4v) is 4.30. The number of fused-ring (bicyclic) bond motifs is 3. The first-order chi connectivity index (χ1) is 10.5. The molecule has 2 bridgehead atoms. The first-order valence-electron chi connectivity index (χ1n) is 7.34. The number of rotatable bonds is 5. The minimum Gasteiger partial charge on any atom is -0.394 e. The zero-order valence-corrected chi connectivity index (χ0v) is 13.0. The number of piperidine rings is 3. The first-order valence-corrected chi connectivity index (χ1v) is 8.75. The standard InChI is InChI=1S/C15H19NO5S/c17-10-15(14(18)12-6-8-16(15)9-7-12)11-21-22(19,20)13-4-2-1-3-5-13/h1-5,12,17H,6-11H2. The molecule has 3 aliphatic heterocycles. The highest BCUT2D eigenvalue weighted by atomic mass is 32.2. The van der Waals surface area contributed by atoms with Gasteiger partial charge in [-0.05, 0) is 38.1 Å². The van der Waals surface area contributed by atoms with Gasteiger partial charge >= 0.3 is 0 Å². The molecule has 1 N–H and O–H groups in total. The summed E-state index contributed by atoms with van der Waals surface area (Å²) in [7, 11) is -3.94. The summed E-state index contributed by atoms with van der Waals surface area (Å²) in [5, 5.41) is 9.76. The Balaban J connectivity index is 1.81. The van der Waals surface area contributed by atoms with Gasteiger partial charge in [0.25, 0.3) is 10.1 Å². The molecule has 0 radical (unpaired) electrons. The van der Waals surface area contributed by atoms with Crippen molar-refractivity contribution in [3.8, 4) is 0 Å². The lowest BCUT2D eigenvalue weighted by Crippen LogP contribution is -2.69. The maximum atomic E-state index is 12.5. The molecule has 0 aliphatic carbocycles. The van der Waals surface area contributed by atoms with Crippen molar-refractivity contribution in [2.45, 2.75) is 23.3 Å². The Hall–Kier alpha value is -1.28. The average molecular weight is 325 g/mol. The molecule has 7 heteroatoms. The summed E-state index contributed by atoms with van der Waals surface area (Å²) in [6.45, 7) is 0.611. The number of hydrogen-bond acceptors (Lipinski definition) is 6. The molecule has 0 spiro atoms. The summed E-state index contributed by atoms with van der Waals surface area (Å²) in [6.07, 6.45) is 1.54. The second kappa shape index (κ2) is 5.73. The van der Waals surface area contributed by atoms with Crippen LogP contribution in [-0.2, 0) is 19.1 Å². The minimum absolute atomic E-state index is 0.0477. The van der Waals surface area contributed by atoms with Gasteiger partial charge < -0.3 is 5.11 Å². The molecule has 1 aromatic rings. The maximum Gasteiger partial charge on any atom is 0.297 e. The van der Waals surface area contributed by atoms with Crippen LogP contribution >= 0.6 is 0 Å². The van der Waals surface area contributed by atoms with Crippen molar-refractivity contribution in [1.29, 1.82) is 0 Å². The average Bonchev–Trinajstić information content (AvgIpc) is 2.56. The highest BCUT2D eigenvalue weighted by Gasteiger charge is 2.53. The summed E-state index contributed by atoms with van der Waals surface area (Å²) in [4.78, 5) is 14.4. The van der Waals surface area contributed by atoms with Crippen LogP contribution in [0.5, 0.6) is 0 Å². The number of ketones is 1. The summed E-state index contributed by atoms with van der Waals surface area (Å²) >= 11 is 0. The number of aliphatic hydroxyl groups is 1. The molecule has 4 rings (SSSR count). The van der Waals surface area contributed by atoms with E-state index in [4.69, 9.17) is 4.18 Å². The SMILES string of the molecule is O=C1C2CCN(CC2)C1(CO)COS(=O)(=O)c1ccccc1. The predicted octanol–water partition coefficient (Wildman–Crippen LogP) is 0.418. The zero-order valence-electron chi connectivity index (χ0n) is 12.1. The monoisotopic (exact) mass is 325 g/mol. The van der Waals surface area contributed by atoms with E-state index in [1.165, 1.54) is 12.1 Å². The van der Waals surface area contributed by atoms with Crippen LogP contribution in [0.1, 0.15) is 12.8 Å². The lowest BCUT2D eigenvalue weighted by Gasteiger charge is -2.51. The van der Waals surface area contributed by atoms with Crippen LogP contribution in [0.25, 0.3) is 0 Å². The van der Waals surface area contributed by atoms with Crippen LogP contribution in [0, 0.1) is 5.92 Å². The molecular weight excluding hydrogens is 306 g/mol. The van der Waals surface area contributed by atoms with Crippen molar-refractivity contribution >= 4 is 15.9 Å². The molecule has 3 fully saturated rings. The van der Waals surface area contributed by atoms with E-state index in [2.05, 4.69) is 0 Å². The number of carbonyl (C=O) groups is 1. The van der Waals surface area contributed by atoms with E-state index in [0.717, 1.165) is 12.8 Å². The predicted molar refractivity (Wildman–Crippen MR) is 78.7 cm³/mol. The van der Waals surface area contributed by atoms with E-state index in [9.17, 15) is 18.3 Å². The van der Waals surface area contributed by atoms with Crippen LogP contribution < -0.4 is 0 Å². The summed E-state index contributed by atoms with van der Waals surface area (Å²) < 4.78 is 29.5. The molecule has 6 nitrogen and oxygen atoms in total. The molecule has 1 aromatic carbocycles. The van der Waals surface area contributed by atoms with Gasteiger partial charge in [0.2, 0.25) is 0 Å². The Labute approximate surface area is 129 Å². The number of aliphatic hydroxyl groups excluding tert-OH is 1. The molecule has 1 unspecified atom stereocenters. The third kappa shape index (κ3) is 2.48. The Morgan fingerprint density at radius 1 is 1.23 bits per heavy atom. The largest absolute Gasteiger partial charge is 0.394 e. The quantitative estimate of drug-likeness (QED) is 0.790. The van der Waals surface area contributed by atoms with Crippen molar-refractivity contribution < 1.29 is 22.5 Å². The molecule has 0 saturated carbocycles. The Bertz CT molecular complexity index is 652. The van der Waals surface area contributed by atoms with Gasteiger partial charge in [0.1, 0.15) is 5.54 Å². The second-order valence-corrected chi connectivity index (χ2v) is 7.46. The molecule has 3 aliphatic rings. The van der Waals surface area contributed by atoms with Crippen LogP contribution in [0.2, 0.25) is 0 Å². The Kier molecular flexibility index (Phi) is 4.07. The molecule has 0 aromatic heterocycles. The van der Waals surface area contributed by atoms with Gasteiger partial charge in [-0.3, -0.25) is 13.9 Å². The van der Waals surface area contributed by atoms with Crippen molar-refractivity contribution in [2.75, 3.05) is 26.3 Å². The highest BCUT2D eigenvalue weighted by Crippen LogP contribution is 2.36. The van der Waals surface area contributed by atoms with Gasteiger partial charge in [-0.1, -0.05) is 18.2 Å². The molecule has 0 amide bonds. The van der Waals surface area contributed by atoms with Gasteiger partial charge in [0, 0.05) is 5.92 Å². The van der Waals surface area contributed by atoms with E-state index < -0.39 is 22.3 Å². The van der Waals surface area contributed by atoms with E-state index in [0.29, 0.717) is 13.1 Å². The van der Waals surface area contributed by atoms with Crippen LogP contribution in [0.15, 0.2) is 35.2 Å². The fraction of sp³-hybridized carbons (Fsp3) is 0.533. The number of hydrogen-bond donors (Lipinski definition) is 1. The molecular formula is C15H19NO5S. The van der Waals surface area contributed by atoms with Crippen LogP contribution in [0.3, 0.4) is 0 Å². The fourth-order valence-electron chi connectivity index (χ4n) is 3.32. The zero-order chi connectivity index (χ0) is 15.8. The molecule has 3 saturated heterocycles. The lowest BCUT2D eigenvalue weighted by atomic mass is 9.74. The van der Waals surface area contributed by atoms with Crippen LogP contribution in [0.4, 0.5) is 0 Å². The minimum atomic E-state index is -3.94. The number of carbonyl (C=O) groups excluding carboxylic acids is 1. The van der Waals surface area contributed by atoms with Gasteiger partial charge in [0.15, 0.2) is 5.78 Å². The van der Waals surface area contributed by atoms with Crippen molar-refractivity contribution in [3.63, 3.8) is 0 Å². The highest BCUT2D eigenvalue weighted by molar-refractivity contribution is 7.86. The second-order valence-electron chi connectivity index (χ2n) is 5.84. The van der Waals surface area contributed by atoms with E-state index in [-0.39, 0.29) is 23.2 Å². The van der Waals surface area contributed by atoms with Crippen molar-refractivity contribution in [3.05, 3.63) is 30.3 Å². The number of nitrogens with zero attached hydrogens (tertiary/aromatic N) is 1.